The molecule has 1 aromatic heterocycles. The monoisotopic (exact) mass is 577 g/mol. The minimum atomic E-state index is -4.42. The number of carboxylic acids is 1. The number of nitrogens with zero attached hydrogens (tertiary/aromatic N) is 1. The molecule has 1 N–H and O–H groups in total. The van der Waals surface area contributed by atoms with Crippen LogP contribution in [0.5, 0.6) is 23.1 Å². The van der Waals surface area contributed by atoms with Gasteiger partial charge in [-0.3, -0.25) is 0 Å². The molecule has 0 amide bonds. The zero-order valence-corrected chi connectivity index (χ0v) is 22.9. The second kappa shape index (κ2) is 14.2. The van der Waals surface area contributed by atoms with Crippen molar-refractivity contribution in [2.45, 2.75) is 45.6 Å². The van der Waals surface area contributed by atoms with Crippen LogP contribution in [0.15, 0.2) is 96.7 Å². The van der Waals surface area contributed by atoms with Crippen LogP contribution in [0.25, 0.3) is 6.08 Å². The van der Waals surface area contributed by atoms with Crippen molar-refractivity contribution in [1.29, 1.82) is 0 Å². The Bertz CT molecular complexity index is 1490. The van der Waals surface area contributed by atoms with Crippen LogP contribution < -0.4 is 14.2 Å². The highest BCUT2D eigenvalue weighted by Crippen LogP contribution is 2.31. The van der Waals surface area contributed by atoms with Crippen LogP contribution in [-0.4, -0.2) is 16.1 Å². The van der Waals surface area contributed by atoms with Gasteiger partial charge in [0.15, 0.2) is 0 Å². The van der Waals surface area contributed by atoms with E-state index in [4.69, 9.17) is 14.2 Å². The number of rotatable bonds is 13. The minimum Gasteiger partial charge on any atom is -0.489 e. The predicted octanol–water partition coefficient (Wildman–Crippen LogP) is 8.71. The fourth-order valence-electron chi connectivity index (χ4n) is 3.96. The molecule has 3 aromatic carbocycles. The largest absolute Gasteiger partial charge is 0.489 e. The van der Waals surface area contributed by atoms with Crippen LogP contribution in [0.4, 0.5) is 13.2 Å². The van der Waals surface area contributed by atoms with E-state index in [1.54, 1.807) is 42.6 Å². The van der Waals surface area contributed by atoms with E-state index in [1.807, 2.05) is 37.3 Å². The van der Waals surface area contributed by atoms with Crippen molar-refractivity contribution in [1.82, 2.24) is 4.98 Å². The smallest absolute Gasteiger partial charge is 0.416 e. The number of carbonyl (C=O) groups is 1. The fourth-order valence-corrected chi connectivity index (χ4v) is 3.96. The number of ether oxygens (including phenoxy) is 3. The van der Waals surface area contributed by atoms with Gasteiger partial charge < -0.3 is 19.3 Å². The standard InChI is InChI=1S/C33H30F3NO5/c1-2-3-6-25(32(38)39)19-26-20-29(16-17-30(26)41-22-23-8-12-27(13-9-23)33(34,35)36)40-21-24-10-14-28(15-11-24)42-31-7-4-5-18-37-31/h4-5,7-20H,2-3,6,21-22H2,1H3,(H,38,39)/b25-19+. The topological polar surface area (TPSA) is 77.9 Å². The lowest BCUT2D eigenvalue weighted by Crippen LogP contribution is -2.05. The summed E-state index contributed by atoms with van der Waals surface area (Å²) in [6.45, 7) is 2.23. The van der Waals surface area contributed by atoms with Gasteiger partial charge in [-0.1, -0.05) is 43.7 Å². The average Bonchev–Trinajstić information content (AvgIpc) is 2.98. The zero-order valence-electron chi connectivity index (χ0n) is 22.9. The van der Waals surface area contributed by atoms with Crippen LogP contribution in [0.1, 0.15) is 48.4 Å². The Hall–Kier alpha value is -4.79. The second-order valence-electron chi connectivity index (χ2n) is 9.46. The summed E-state index contributed by atoms with van der Waals surface area (Å²) in [4.78, 5) is 16.0. The number of hydrogen-bond acceptors (Lipinski definition) is 5. The van der Waals surface area contributed by atoms with Gasteiger partial charge in [0.05, 0.1) is 5.56 Å². The number of carboxylic acid groups (broad SMARTS) is 1. The molecule has 1 heterocycles. The quantitative estimate of drug-likeness (QED) is 0.160. The summed E-state index contributed by atoms with van der Waals surface area (Å²) in [5.41, 5.74) is 1.40. The van der Waals surface area contributed by atoms with Gasteiger partial charge in [0.1, 0.15) is 30.5 Å². The second-order valence-corrected chi connectivity index (χ2v) is 9.46. The molecular formula is C33H30F3NO5. The number of alkyl halides is 3. The van der Waals surface area contributed by atoms with Gasteiger partial charge in [0, 0.05) is 23.4 Å². The molecule has 0 unspecified atom stereocenters. The van der Waals surface area contributed by atoms with Crippen LogP contribution in [0.3, 0.4) is 0 Å². The predicted molar refractivity (Wildman–Crippen MR) is 152 cm³/mol. The SMILES string of the molecule is CCCC/C(=C\c1cc(OCc2ccc(Oc3ccccn3)cc2)ccc1OCc1ccc(C(F)(F)F)cc1)C(=O)O. The number of benzene rings is 3. The molecule has 0 aliphatic heterocycles. The summed E-state index contributed by atoms with van der Waals surface area (Å²) in [6, 6.07) is 22.5. The maximum absolute atomic E-state index is 12.9. The molecule has 0 aliphatic rings. The molecule has 0 saturated heterocycles. The fraction of sp³-hybridized carbons (Fsp3) is 0.212. The lowest BCUT2D eigenvalue weighted by Gasteiger charge is -2.14. The van der Waals surface area contributed by atoms with E-state index >= 15 is 0 Å². The Kier molecular flexibility index (Phi) is 10.2. The van der Waals surface area contributed by atoms with E-state index in [0.717, 1.165) is 24.1 Å². The van der Waals surface area contributed by atoms with Crippen LogP contribution >= 0.6 is 0 Å². The molecule has 4 rings (SSSR count). The van der Waals surface area contributed by atoms with E-state index in [1.165, 1.54) is 12.1 Å². The summed E-state index contributed by atoms with van der Waals surface area (Å²) < 4.78 is 56.3. The van der Waals surface area contributed by atoms with Crippen molar-refractivity contribution in [3.8, 4) is 23.1 Å². The molecule has 218 valence electrons. The van der Waals surface area contributed by atoms with Gasteiger partial charge in [-0.15, -0.1) is 0 Å². The molecule has 0 radical (unpaired) electrons. The highest BCUT2D eigenvalue weighted by Gasteiger charge is 2.29. The van der Waals surface area contributed by atoms with E-state index in [9.17, 15) is 23.1 Å². The first-order chi connectivity index (χ1) is 20.2. The van der Waals surface area contributed by atoms with Crippen molar-refractivity contribution >= 4 is 12.0 Å². The molecule has 0 atom stereocenters. The van der Waals surface area contributed by atoms with Gasteiger partial charge in [0.25, 0.3) is 0 Å². The van der Waals surface area contributed by atoms with Crippen molar-refractivity contribution in [2.75, 3.05) is 0 Å². The van der Waals surface area contributed by atoms with Crippen LogP contribution in [0, 0.1) is 0 Å². The highest BCUT2D eigenvalue weighted by molar-refractivity contribution is 5.92. The van der Waals surface area contributed by atoms with Gasteiger partial charge in [-0.2, -0.15) is 13.2 Å². The van der Waals surface area contributed by atoms with Gasteiger partial charge >= 0.3 is 12.1 Å². The third-order valence-corrected chi connectivity index (χ3v) is 6.25. The van der Waals surface area contributed by atoms with E-state index in [-0.39, 0.29) is 18.8 Å². The van der Waals surface area contributed by atoms with Gasteiger partial charge in [-0.25, -0.2) is 9.78 Å². The number of pyridine rings is 1. The molecule has 0 saturated carbocycles. The first kappa shape index (κ1) is 30.2. The van der Waals surface area contributed by atoms with Crippen molar-refractivity contribution in [3.05, 3.63) is 119 Å². The lowest BCUT2D eigenvalue weighted by atomic mass is 10.0. The zero-order chi connectivity index (χ0) is 30.0. The molecule has 4 aromatic rings. The molecule has 0 aliphatic carbocycles. The maximum Gasteiger partial charge on any atom is 0.416 e. The average molecular weight is 578 g/mol. The number of halogens is 3. The first-order valence-corrected chi connectivity index (χ1v) is 13.4. The number of unbranched alkanes of at least 4 members (excludes halogenated alkanes) is 1. The van der Waals surface area contributed by atoms with Crippen LogP contribution in [0.2, 0.25) is 0 Å². The number of aliphatic carboxylic acids is 1. The van der Waals surface area contributed by atoms with Gasteiger partial charge in [0.2, 0.25) is 5.88 Å². The van der Waals surface area contributed by atoms with E-state index in [0.29, 0.717) is 47.1 Å². The summed E-state index contributed by atoms with van der Waals surface area (Å²) in [6.07, 6.45) is 0.690. The third kappa shape index (κ3) is 8.86. The third-order valence-electron chi connectivity index (χ3n) is 6.25. The first-order valence-electron chi connectivity index (χ1n) is 13.4. The molecule has 6 nitrogen and oxygen atoms in total. The summed E-state index contributed by atoms with van der Waals surface area (Å²) in [7, 11) is 0. The number of aromatic nitrogens is 1. The van der Waals surface area contributed by atoms with Crippen molar-refractivity contribution in [2.24, 2.45) is 0 Å². The van der Waals surface area contributed by atoms with Crippen molar-refractivity contribution < 1.29 is 37.3 Å². The Morgan fingerprint density at radius 2 is 1.55 bits per heavy atom. The molecule has 9 heteroatoms. The summed E-state index contributed by atoms with van der Waals surface area (Å²) >= 11 is 0. The van der Waals surface area contributed by atoms with Crippen LogP contribution in [-0.2, 0) is 24.2 Å². The maximum atomic E-state index is 12.9. The Balaban J connectivity index is 1.49. The molecule has 42 heavy (non-hydrogen) atoms. The minimum absolute atomic E-state index is 0.00344. The number of hydrogen-bond donors (Lipinski definition) is 1. The van der Waals surface area contributed by atoms with Gasteiger partial charge in [-0.05, 0) is 78.6 Å². The molecular weight excluding hydrogens is 547 g/mol. The highest BCUT2D eigenvalue weighted by atomic mass is 19.4. The Labute approximate surface area is 242 Å². The molecule has 0 fully saturated rings. The summed E-state index contributed by atoms with van der Waals surface area (Å²) in [5.74, 6) is 0.970. The van der Waals surface area contributed by atoms with Crippen molar-refractivity contribution in [3.63, 3.8) is 0 Å². The van der Waals surface area contributed by atoms with E-state index < -0.39 is 17.7 Å². The molecule has 0 bridgehead atoms. The Morgan fingerprint density at radius 3 is 2.17 bits per heavy atom. The summed E-state index contributed by atoms with van der Waals surface area (Å²) in [5, 5.41) is 9.74. The normalized spacial score (nSPS) is 11.7. The van der Waals surface area contributed by atoms with E-state index in [2.05, 4.69) is 4.98 Å². The molecule has 0 spiro atoms. The lowest BCUT2D eigenvalue weighted by molar-refractivity contribution is -0.137. The Morgan fingerprint density at radius 1 is 0.881 bits per heavy atom.